The molecule has 0 bridgehead atoms. The Kier molecular flexibility index (Phi) is 13.4. The number of amides is 2. The van der Waals surface area contributed by atoms with E-state index in [9.17, 15) is 14.4 Å². The van der Waals surface area contributed by atoms with Crippen LogP contribution in [0.1, 0.15) is 53.0 Å². The zero-order chi connectivity index (χ0) is 23.9. The van der Waals surface area contributed by atoms with Gasteiger partial charge >= 0.3 is 0 Å². The van der Waals surface area contributed by atoms with E-state index >= 15 is 0 Å². The Labute approximate surface area is 197 Å². The van der Waals surface area contributed by atoms with Gasteiger partial charge in [0.2, 0.25) is 11.8 Å². The minimum absolute atomic E-state index is 0.00829. The normalized spacial score (nSPS) is 13.8. The molecule has 0 spiro atoms. The fourth-order valence-corrected chi connectivity index (χ4v) is 4.10. The summed E-state index contributed by atoms with van der Waals surface area (Å²) in [6.45, 7) is 10.1. The highest BCUT2D eigenvalue weighted by molar-refractivity contribution is 8.13. The predicted molar refractivity (Wildman–Crippen MR) is 134 cm³/mol. The van der Waals surface area contributed by atoms with Crippen LogP contribution in [0.3, 0.4) is 0 Å². The summed E-state index contributed by atoms with van der Waals surface area (Å²) < 4.78 is 0. The van der Waals surface area contributed by atoms with Crippen molar-refractivity contribution in [3.8, 4) is 0 Å². The molecule has 1 aromatic rings. The average Bonchev–Trinajstić information content (AvgIpc) is 2.75. The monoisotopic (exact) mass is 458 g/mol. The van der Waals surface area contributed by atoms with E-state index in [0.29, 0.717) is 31.1 Å². The average molecular weight is 459 g/mol. The maximum absolute atomic E-state index is 13.1. The summed E-state index contributed by atoms with van der Waals surface area (Å²) >= 11 is 1.16. The second-order valence-electron chi connectivity index (χ2n) is 8.28. The van der Waals surface area contributed by atoms with Crippen molar-refractivity contribution >= 4 is 28.7 Å². The SMILES string of the molecule is C/C=C\C(=C/C)CCNC(=O)C(Cc1ccccc1)NC(=O)C(CSC(C)=O)CC(C)C. The van der Waals surface area contributed by atoms with Gasteiger partial charge in [-0.2, -0.15) is 0 Å². The molecular formula is C26H38N2O3S. The van der Waals surface area contributed by atoms with Crippen LogP contribution >= 0.6 is 11.8 Å². The van der Waals surface area contributed by atoms with Crippen LogP contribution in [-0.2, 0) is 20.8 Å². The summed E-state index contributed by atoms with van der Waals surface area (Å²) in [5.74, 6) is 0.0460. The molecule has 0 heterocycles. The minimum Gasteiger partial charge on any atom is -0.354 e. The molecule has 0 radical (unpaired) electrons. The molecule has 0 saturated carbocycles. The number of benzene rings is 1. The van der Waals surface area contributed by atoms with Crippen LogP contribution in [0.5, 0.6) is 0 Å². The molecule has 0 aromatic heterocycles. The molecule has 1 aromatic carbocycles. The first-order valence-electron chi connectivity index (χ1n) is 11.3. The summed E-state index contributed by atoms with van der Waals surface area (Å²) in [7, 11) is 0. The summed E-state index contributed by atoms with van der Waals surface area (Å²) in [4.78, 5) is 37.5. The molecule has 6 heteroatoms. The first kappa shape index (κ1) is 27.7. The molecule has 0 fully saturated rings. The Morgan fingerprint density at radius 2 is 1.75 bits per heavy atom. The fraction of sp³-hybridized carbons (Fsp3) is 0.500. The van der Waals surface area contributed by atoms with E-state index < -0.39 is 6.04 Å². The quantitative estimate of drug-likeness (QED) is 0.421. The van der Waals surface area contributed by atoms with E-state index in [4.69, 9.17) is 0 Å². The smallest absolute Gasteiger partial charge is 0.242 e. The number of hydrogen-bond donors (Lipinski definition) is 2. The Balaban J connectivity index is 2.90. The number of thioether (sulfide) groups is 1. The molecule has 2 N–H and O–H groups in total. The summed E-state index contributed by atoms with van der Waals surface area (Å²) in [5.41, 5.74) is 2.13. The van der Waals surface area contributed by atoms with Gasteiger partial charge in [-0.15, -0.1) is 0 Å². The zero-order valence-electron chi connectivity index (χ0n) is 20.0. The molecule has 32 heavy (non-hydrogen) atoms. The van der Waals surface area contributed by atoms with Crippen molar-refractivity contribution in [2.45, 2.75) is 59.9 Å². The molecule has 0 aliphatic carbocycles. The Morgan fingerprint density at radius 3 is 2.31 bits per heavy atom. The highest BCUT2D eigenvalue weighted by Gasteiger charge is 2.26. The molecule has 1 rings (SSSR count). The van der Waals surface area contributed by atoms with E-state index in [-0.39, 0.29) is 22.8 Å². The van der Waals surface area contributed by atoms with E-state index in [1.54, 1.807) is 0 Å². The Morgan fingerprint density at radius 1 is 1.06 bits per heavy atom. The molecule has 176 valence electrons. The lowest BCUT2D eigenvalue weighted by molar-refractivity contribution is -0.131. The third kappa shape index (κ3) is 11.3. The van der Waals surface area contributed by atoms with Crippen LogP contribution in [0.25, 0.3) is 0 Å². The topological polar surface area (TPSA) is 75.3 Å². The van der Waals surface area contributed by atoms with Gasteiger partial charge < -0.3 is 10.6 Å². The standard InChI is InChI=1S/C26H38N2O3S/c1-6-11-21(7-2)14-15-27-26(31)24(17-22-12-9-8-10-13-22)28-25(30)23(16-19(3)4)18-32-20(5)29/h6-13,19,23-24H,14-18H2,1-5H3,(H,27,31)(H,28,30)/b11-6-,21-7+. The van der Waals surface area contributed by atoms with Gasteiger partial charge in [-0.3, -0.25) is 14.4 Å². The molecule has 0 saturated heterocycles. The lowest BCUT2D eigenvalue weighted by Crippen LogP contribution is -2.50. The summed E-state index contributed by atoms with van der Waals surface area (Å²) in [6.07, 6.45) is 7.84. The summed E-state index contributed by atoms with van der Waals surface area (Å²) in [6, 6.07) is 9.01. The summed E-state index contributed by atoms with van der Waals surface area (Å²) in [5, 5.41) is 5.93. The molecule has 2 atom stereocenters. The molecule has 0 aliphatic heterocycles. The van der Waals surface area contributed by atoms with Gasteiger partial charge in [0.05, 0.1) is 0 Å². The number of nitrogens with one attached hydrogen (secondary N) is 2. The van der Waals surface area contributed by atoms with Crippen LogP contribution < -0.4 is 10.6 Å². The van der Waals surface area contributed by atoms with Gasteiger partial charge in [0.15, 0.2) is 5.12 Å². The molecule has 5 nitrogen and oxygen atoms in total. The first-order valence-corrected chi connectivity index (χ1v) is 12.3. The van der Waals surface area contributed by atoms with Crippen LogP contribution in [0, 0.1) is 11.8 Å². The molecular weight excluding hydrogens is 420 g/mol. The number of rotatable bonds is 13. The van der Waals surface area contributed by atoms with Gasteiger partial charge in [0, 0.05) is 31.6 Å². The Bertz CT molecular complexity index is 788. The molecule has 2 amide bonds. The third-order valence-electron chi connectivity index (χ3n) is 4.99. The number of carbonyl (C=O) groups excluding carboxylic acids is 3. The maximum Gasteiger partial charge on any atom is 0.242 e. The third-order valence-corrected chi connectivity index (χ3v) is 5.97. The van der Waals surface area contributed by atoms with Crippen molar-refractivity contribution in [2.24, 2.45) is 11.8 Å². The first-order chi connectivity index (χ1) is 15.3. The van der Waals surface area contributed by atoms with E-state index in [1.807, 2.05) is 62.4 Å². The zero-order valence-corrected chi connectivity index (χ0v) is 20.8. The number of hydrogen-bond acceptors (Lipinski definition) is 4. The number of carbonyl (C=O) groups is 3. The van der Waals surface area contributed by atoms with E-state index in [0.717, 1.165) is 29.3 Å². The van der Waals surface area contributed by atoms with Crippen molar-refractivity contribution in [3.05, 3.63) is 59.7 Å². The Hall–Kier alpha value is -2.34. The lowest BCUT2D eigenvalue weighted by Gasteiger charge is -2.23. The minimum atomic E-state index is -0.669. The predicted octanol–water partition coefficient (Wildman–Crippen LogP) is 4.68. The molecule has 2 unspecified atom stereocenters. The van der Waals surface area contributed by atoms with Crippen molar-refractivity contribution in [3.63, 3.8) is 0 Å². The number of allylic oxidation sites excluding steroid dienone is 3. The van der Waals surface area contributed by atoms with Gasteiger partial charge in [-0.25, -0.2) is 0 Å². The van der Waals surface area contributed by atoms with E-state index in [1.165, 1.54) is 6.92 Å². The molecule has 0 aliphatic rings. The highest BCUT2D eigenvalue weighted by Crippen LogP contribution is 2.19. The van der Waals surface area contributed by atoms with Gasteiger partial charge in [-0.05, 0) is 38.2 Å². The second-order valence-corrected chi connectivity index (χ2v) is 9.48. The maximum atomic E-state index is 13.1. The van der Waals surface area contributed by atoms with Crippen molar-refractivity contribution in [1.29, 1.82) is 0 Å². The van der Waals surface area contributed by atoms with Crippen LogP contribution in [0.4, 0.5) is 0 Å². The lowest BCUT2D eigenvalue weighted by atomic mass is 9.97. The van der Waals surface area contributed by atoms with Crippen LogP contribution in [0.2, 0.25) is 0 Å². The second kappa shape index (κ2) is 15.5. The van der Waals surface area contributed by atoms with Gasteiger partial charge in [0.25, 0.3) is 0 Å². The van der Waals surface area contributed by atoms with Crippen molar-refractivity contribution < 1.29 is 14.4 Å². The van der Waals surface area contributed by atoms with Crippen LogP contribution in [0.15, 0.2) is 54.1 Å². The largest absolute Gasteiger partial charge is 0.354 e. The van der Waals surface area contributed by atoms with Crippen molar-refractivity contribution in [2.75, 3.05) is 12.3 Å². The van der Waals surface area contributed by atoms with Gasteiger partial charge in [-0.1, -0.05) is 79.7 Å². The highest BCUT2D eigenvalue weighted by atomic mass is 32.2. The van der Waals surface area contributed by atoms with E-state index in [2.05, 4.69) is 24.5 Å². The fourth-order valence-electron chi connectivity index (χ4n) is 3.38. The van der Waals surface area contributed by atoms with Gasteiger partial charge in [0.1, 0.15) is 6.04 Å². The van der Waals surface area contributed by atoms with Crippen LogP contribution in [-0.4, -0.2) is 35.3 Å². The van der Waals surface area contributed by atoms with Crippen molar-refractivity contribution in [1.82, 2.24) is 10.6 Å².